The van der Waals surface area contributed by atoms with E-state index in [1.54, 1.807) is 47.4 Å². The standard InChI is InChI=1S/C30H25FN4O3/c1-32-24-13-8-19(9-14-24)22-17-35(18-22)30(38)21-10-15-25-27(16-21)33-26(4-2-3-5-28(36)37)29(34-25)20-6-11-23(31)12-7-20/h6-16,22H,2-5,17-18H2,(H,36,37). The minimum atomic E-state index is -0.842. The molecule has 1 aliphatic heterocycles. The van der Waals surface area contributed by atoms with Crippen molar-refractivity contribution in [1.29, 1.82) is 0 Å². The molecule has 190 valence electrons. The van der Waals surface area contributed by atoms with Crippen LogP contribution >= 0.6 is 0 Å². The zero-order valence-electron chi connectivity index (χ0n) is 20.6. The number of carbonyl (C=O) groups excluding carboxylic acids is 1. The normalized spacial score (nSPS) is 13.2. The Kier molecular flexibility index (Phi) is 7.09. The molecule has 5 rings (SSSR count). The molecule has 7 nitrogen and oxygen atoms in total. The summed E-state index contributed by atoms with van der Waals surface area (Å²) < 4.78 is 13.5. The lowest BCUT2D eigenvalue weighted by molar-refractivity contribution is -0.137. The van der Waals surface area contributed by atoms with E-state index in [-0.39, 0.29) is 24.1 Å². The first-order valence-electron chi connectivity index (χ1n) is 12.5. The van der Waals surface area contributed by atoms with E-state index in [0.717, 1.165) is 11.1 Å². The van der Waals surface area contributed by atoms with Gasteiger partial charge in [0.25, 0.3) is 5.91 Å². The predicted octanol–water partition coefficient (Wildman–Crippen LogP) is 6.02. The van der Waals surface area contributed by atoms with Crippen LogP contribution in [-0.4, -0.2) is 44.9 Å². The van der Waals surface area contributed by atoms with Crippen LogP contribution in [-0.2, 0) is 11.2 Å². The zero-order valence-corrected chi connectivity index (χ0v) is 20.6. The van der Waals surface area contributed by atoms with Crippen LogP contribution in [0.15, 0.2) is 66.7 Å². The summed E-state index contributed by atoms with van der Waals surface area (Å²) in [7, 11) is 0. The first kappa shape index (κ1) is 25.0. The largest absolute Gasteiger partial charge is 0.481 e. The molecule has 0 saturated carbocycles. The summed E-state index contributed by atoms with van der Waals surface area (Å²) >= 11 is 0. The lowest BCUT2D eigenvalue weighted by Crippen LogP contribution is -2.48. The number of hydrogen-bond acceptors (Lipinski definition) is 4. The number of aryl methyl sites for hydroxylation is 1. The Morgan fingerprint density at radius 1 is 0.974 bits per heavy atom. The number of rotatable bonds is 8. The SMILES string of the molecule is [C-]#[N+]c1ccc(C2CN(C(=O)c3ccc4nc(-c5ccc(F)cc5)c(CCCCC(=O)O)nc4c3)C2)cc1. The number of fused-ring (bicyclic) bond motifs is 1. The maximum absolute atomic E-state index is 13.5. The number of likely N-dealkylation sites (tertiary alicyclic amines) is 1. The van der Waals surface area contributed by atoms with Crippen molar-refractivity contribution < 1.29 is 19.1 Å². The quantitative estimate of drug-likeness (QED) is 0.232. The van der Waals surface area contributed by atoms with Crippen LogP contribution in [0.4, 0.5) is 10.1 Å². The van der Waals surface area contributed by atoms with Gasteiger partial charge in [0.2, 0.25) is 0 Å². The van der Waals surface area contributed by atoms with Gasteiger partial charge in [-0.2, -0.15) is 0 Å². The van der Waals surface area contributed by atoms with Crippen molar-refractivity contribution in [2.75, 3.05) is 13.1 Å². The lowest BCUT2D eigenvalue weighted by atomic mass is 9.90. The van der Waals surface area contributed by atoms with Crippen molar-refractivity contribution in [2.24, 2.45) is 0 Å². The van der Waals surface area contributed by atoms with Crippen LogP contribution < -0.4 is 0 Å². The molecule has 38 heavy (non-hydrogen) atoms. The van der Waals surface area contributed by atoms with Gasteiger partial charge in [0, 0.05) is 36.6 Å². The van der Waals surface area contributed by atoms with Crippen LogP contribution in [0.5, 0.6) is 0 Å². The van der Waals surface area contributed by atoms with Crippen LogP contribution in [0, 0.1) is 12.4 Å². The van der Waals surface area contributed by atoms with Crippen LogP contribution in [0.3, 0.4) is 0 Å². The van der Waals surface area contributed by atoms with Gasteiger partial charge in [0.05, 0.1) is 29.0 Å². The average molecular weight is 509 g/mol. The van der Waals surface area contributed by atoms with Crippen molar-refractivity contribution >= 4 is 28.6 Å². The molecule has 1 aromatic heterocycles. The number of unbranched alkanes of at least 4 members (excludes halogenated alkanes) is 1. The molecule has 4 aromatic rings. The molecule has 8 heteroatoms. The molecule has 1 fully saturated rings. The molecule has 0 unspecified atom stereocenters. The first-order chi connectivity index (χ1) is 18.4. The van der Waals surface area contributed by atoms with E-state index in [9.17, 15) is 14.0 Å². The fraction of sp³-hybridized carbons (Fsp3) is 0.233. The number of nitrogens with zero attached hydrogens (tertiary/aromatic N) is 4. The second-order valence-electron chi connectivity index (χ2n) is 9.44. The molecule has 0 atom stereocenters. The number of hydrogen-bond donors (Lipinski definition) is 1. The Bertz CT molecular complexity index is 1540. The maximum atomic E-state index is 13.5. The van der Waals surface area contributed by atoms with Gasteiger partial charge in [0.1, 0.15) is 5.82 Å². The fourth-order valence-corrected chi connectivity index (χ4v) is 4.66. The topological polar surface area (TPSA) is 87.8 Å². The van der Waals surface area contributed by atoms with Gasteiger partial charge in [-0.3, -0.25) is 9.59 Å². The van der Waals surface area contributed by atoms with E-state index in [0.29, 0.717) is 66.0 Å². The lowest BCUT2D eigenvalue weighted by Gasteiger charge is -2.39. The van der Waals surface area contributed by atoms with Gasteiger partial charge in [0.15, 0.2) is 5.69 Å². The minimum absolute atomic E-state index is 0.0755. The Labute approximate surface area is 219 Å². The molecule has 0 radical (unpaired) electrons. The third-order valence-corrected chi connectivity index (χ3v) is 6.82. The highest BCUT2D eigenvalue weighted by atomic mass is 19.1. The van der Waals surface area contributed by atoms with Gasteiger partial charge >= 0.3 is 5.97 Å². The summed E-state index contributed by atoms with van der Waals surface area (Å²) in [5, 5.41) is 8.96. The highest BCUT2D eigenvalue weighted by molar-refractivity contribution is 5.98. The molecule has 1 amide bonds. The Hall–Kier alpha value is -4.64. The van der Waals surface area contributed by atoms with Gasteiger partial charge in [-0.05, 0) is 67.3 Å². The summed E-state index contributed by atoms with van der Waals surface area (Å²) in [4.78, 5) is 38.9. The first-order valence-corrected chi connectivity index (χ1v) is 12.5. The molecule has 3 aromatic carbocycles. The van der Waals surface area contributed by atoms with Crippen molar-refractivity contribution in [3.63, 3.8) is 0 Å². The van der Waals surface area contributed by atoms with Crippen molar-refractivity contribution in [3.05, 3.63) is 101 Å². The van der Waals surface area contributed by atoms with Gasteiger partial charge < -0.3 is 10.0 Å². The summed E-state index contributed by atoms with van der Waals surface area (Å²) in [5.41, 5.74) is 5.49. The zero-order chi connectivity index (χ0) is 26.6. The highest BCUT2D eigenvalue weighted by Crippen LogP contribution is 2.31. The number of aromatic nitrogens is 2. The maximum Gasteiger partial charge on any atom is 0.303 e. The number of halogens is 1. The van der Waals surface area contributed by atoms with Crippen LogP contribution in [0.2, 0.25) is 0 Å². The molecule has 0 bridgehead atoms. The predicted molar refractivity (Wildman–Crippen MR) is 141 cm³/mol. The van der Waals surface area contributed by atoms with Crippen molar-refractivity contribution in [1.82, 2.24) is 14.9 Å². The number of carboxylic acid groups (broad SMARTS) is 1. The molecular weight excluding hydrogens is 483 g/mol. The third-order valence-electron chi connectivity index (χ3n) is 6.82. The smallest absolute Gasteiger partial charge is 0.303 e. The van der Waals surface area contributed by atoms with E-state index in [1.165, 1.54) is 12.1 Å². The van der Waals surface area contributed by atoms with Crippen molar-refractivity contribution in [3.8, 4) is 11.3 Å². The van der Waals surface area contributed by atoms with Crippen molar-refractivity contribution in [2.45, 2.75) is 31.6 Å². The molecule has 1 saturated heterocycles. The second-order valence-corrected chi connectivity index (χ2v) is 9.44. The van der Waals surface area contributed by atoms with E-state index in [2.05, 4.69) is 4.85 Å². The van der Waals surface area contributed by atoms with Gasteiger partial charge in [-0.15, -0.1) is 0 Å². The Morgan fingerprint density at radius 2 is 1.71 bits per heavy atom. The summed E-state index contributed by atoms with van der Waals surface area (Å²) in [6, 6.07) is 18.8. The summed E-state index contributed by atoms with van der Waals surface area (Å²) in [5.74, 6) is -1.02. The van der Waals surface area contributed by atoms with E-state index >= 15 is 0 Å². The highest BCUT2D eigenvalue weighted by Gasteiger charge is 2.32. The fourth-order valence-electron chi connectivity index (χ4n) is 4.66. The van der Waals surface area contributed by atoms with Gasteiger partial charge in [-0.1, -0.05) is 24.3 Å². The van der Waals surface area contributed by atoms with Crippen LogP contribution in [0.1, 0.15) is 46.8 Å². The van der Waals surface area contributed by atoms with E-state index in [1.807, 2.05) is 12.1 Å². The molecule has 1 aliphatic rings. The van der Waals surface area contributed by atoms with Gasteiger partial charge in [-0.25, -0.2) is 19.2 Å². The summed E-state index contributed by atoms with van der Waals surface area (Å²) in [6.45, 7) is 8.30. The third kappa shape index (κ3) is 5.37. The minimum Gasteiger partial charge on any atom is -0.481 e. The molecular formula is C30H25FN4O3. The summed E-state index contributed by atoms with van der Waals surface area (Å²) in [6.07, 6.45) is 1.71. The number of carboxylic acids is 1. The number of carbonyl (C=O) groups is 2. The van der Waals surface area contributed by atoms with Crippen LogP contribution in [0.25, 0.3) is 27.1 Å². The number of aliphatic carboxylic acids is 1. The second kappa shape index (κ2) is 10.8. The Morgan fingerprint density at radius 3 is 2.39 bits per heavy atom. The molecule has 2 heterocycles. The molecule has 1 N–H and O–H groups in total. The number of benzene rings is 3. The molecule has 0 aliphatic carbocycles. The average Bonchev–Trinajstić information content (AvgIpc) is 2.90. The number of amides is 1. The Balaban J connectivity index is 1.37. The molecule has 0 spiro atoms. The van der Waals surface area contributed by atoms with E-state index in [4.69, 9.17) is 21.6 Å². The van der Waals surface area contributed by atoms with E-state index < -0.39 is 5.97 Å². The monoisotopic (exact) mass is 508 g/mol.